The van der Waals surface area contributed by atoms with Crippen molar-refractivity contribution in [2.45, 2.75) is 44.3 Å². The van der Waals surface area contributed by atoms with Gasteiger partial charge in [0.2, 0.25) is 5.91 Å². The average Bonchev–Trinajstić information content (AvgIpc) is 2.56. The zero-order chi connectivity index (χ0) is 17.9. The third-order valence-corrected chi connectivity index (χ3v) is 4.48. The largest absolute Gasteiger partial charge is 0.481 e. The number of hydrogen-bond acceptors (Lipinski definition) is 7. The number of nitrogens with zero attached hydrogens (tertiary/aromatic N) is 1. The number of hydrogen-bond donors (Lipinski definition) is 2. The zero-order valence-corrected chi connectivity index (χ0v) is 13.7. The first-order chi connectivity index (χ1) is 11.4. The van der Waals surface area contributed by atoms with Crippen LogP contribution in [0.4, 0.5) is 0 Å². The quantitative estimate of drug-likeness (QED) is 0.619. The second-order valence-electron chi connectivity index (χ2n) is 5.86. The van der Waals surface area contributed by atoms with Gasteiger partial charge in [-0.05, 0) is 19.8 Å². The van der Waals surface area contributed by atoms with Crippen molar-refractivity contribution < 1.29 is 33.8 Å². The van der Waals surface area contributed by atoms with Crippen LogP contribution in [0.5, 0.6) is 0 Å². The van der Waals surface area contributed by atoms with Gasteiger partial charge in [0, 0.05) is 12.6 Å². The van der Waals surface area contributed by atoms with Crippen LogP contribution < -0.4 is 5.32 Å². The van der Waals surface area contributed by atoms with Gasteiger partial charge in [-0.3, -0.25) is 14.4 Å². The Kier molecular flexibility index (Phi) is 5.76. The van der Waals surface area contributed by atoms with Crippen LogP contribution in [0.3, 0.4) is 0 Å². The zero-order valence-electron chi connectivity index (χ0n) is 13.7. The van der Waals surface area contributed by atoms with E-state index in [1.165, 1.54) is 12.0 Å². The summed E-state index contributed by atoms with van der Waals surface area (Å²) in [5, 5.41) is 12.4. The number of carboxylic acids is 1. The lowest BCUT2D eigenvalue weighted by molar-refractivity contribution is -0.172. The number of piperazine rings is 1. The van der Waals surface area contributed by atoms with Crippen molar-refractivity contribution in [3.63, 3.8) is 0 Å². The fourth-order valence-electron chi connectivity index (χ4n) is 3.33. The molecule has 0 aromatic carbocycles. The Bertz CT molecular complexity index is 536. The summed E-state index contributed by atoms with van der Waals surface area (Å²) in [4.78, 5) is 49.3. The normalized spacial score (nSPS) is 29.6. The summed E-state index contributed by atoms with van der Waals surface area (Å²) in [6, 6.07) is -2.30. The Hall–Kier alpha value is -2.16. The fourth-order valence-corrected chi connectivity index (χ4v) is 3.33. The highest BCUT2D eigenvalue weighted by atomic mass is 16.5. The Labute approximate surface area is 139 Å². The summed E-state index contributed by atoms with van der Waals surface area (Å²) in [6.07, 6.45) is 0.582. The van der Waals surface area contributed by atoms with E-state index in [-0.39, 0.29) is 25.5 Å². The predicted molar refractivity (Wildman–Crippen MR) is 79.8 cm³/mol. The van der Waals surface area contributed by atoms with E-state index in [4.69, 9.17) is 4.74 Å². The number of nitrogens with one attached hydrogen (secondary N) is 1. The van der Waals surface area contributed by atoms with Gasteiger partial charge in [-0.25, -0.2) is 4.79 Å². The third-order valence-electron chi connectivity index (χ3n) is 4.48. The smallest absolute Gasteiger partial charge is 0.329 e. The van der Waals surface area contributed by atoms with Crippen LogP contribution in [0.1, 0.15) is 26.2 Å². The van der Waals surface area contributed by atoms with Crippen LogP contribution in [-0.4, -0.2) is 72.2 Å². The number of rotatable bonds is 5. The molecule has 0 saturated carbocycles. The third kappa shape index (κ3) is 3.50. The summed E-state index contributed by atoms with van der Waals surface area (Å²) in [7, 11) is 1.22. The number of piperidine rings is 1. The van der Waals surface area contributed by atoms with Gasteiger partial charge in [0.05, 0.1) is 32.1 Å². The summed E-state index contributed by atoms with van der Waals surface area (Å²) < 4.78 is 9.56. The molecule has 2 rings (SSSR count). The van der Waals surface area contributed by atoms with Gasteiger partial charge >= 0.3 is 17.9 Å². The number of esters is 2. The minimum absolute atomic E-state index is 0.0954. The van der Waals surface area contributed by atoms with Crippen molar-refractivity contribution in [2.24, 2.45) is 5.92 Å². The highest BCUT2D eigenvalue weighted by Gasteiger charge is 2.51. The van der Waals surface area contributed by atoms with Crippen LogP contribution >= 0.6 is 0 Å². The number of amides is 1. The van der Waals surface area contributed by atoms with Crippen LogP contribution in [0.15, 0.2) is 0 Å². The monoisotopic (exact) mass is 342 g/mol. The van der Waals surface area contributed by atoms with Crippen molar-refractivity contribution in [2.75, 3.05) is 20.3 Å². The van der Waals surface area contributed by atoms with E-state index in [0.717, 1.165) is 0 Å². The molecule has 0 bridgehead atoms. The standard InChI is InChI=1S/C15H22N2O7/c1-3-24-15(22)12-9(14(20)21)5-4-8-7-16-10(6-11(18)23-2)13(19)17(8)12/h8-10,12,16H,3-7H2,1-2H3,(H,20,21)/t8-,9-,10-,12-/m0/s1. The Balaban J connectivity index is 2.28. The second kappa shape index (κ2) is 7.61. The van der Waals surface area contributed by atoms with E-state index in [1.54, 1.807) is 6.92 Å². The molecule has 2 aliphatic rings. The fraction of sp³-hybridized carbons (Fsp3) is 0.733. The molecule has 2 saturated heterocycles. The lowest BCUT2D eigenvalue weighted by Crippen LogP contribution is -2.68. The summed E-state index contributed by atoms with van der Waals surface area (Å²) >= 11 is 0. The van der Waals surface area contributed by atoms with Gasteiger partial charge < -0.3 is 24.8 Å². The summed E-state index contributed by atoms with van der Waals surface area (Å²) in [5.41, 5.74) is 0. The van der Waals surface area contributed by atoms with Gasteiger partial charge in [-0.2, -0.15) is 0 Å². The van der Waals surface area contributed by atoms with Gasteiger partial charge in [-0.15, -0.1) is 0 Å². The number of ether oxygens (including phenoxy) is 2. The summed E-state index contributed by atoms with van der Waals surface area (Å²) in [5.74, 6) is -3.90. The highest BCUT2D eigenvalue weighted by molar-refractivity contribution is 5.93. The maximum absolute atomic E-state index is 12.8. The molecule has 9 nitrogen and oxygen atoms in total. The predicted octanol–water partition coefficient (Wildman–Crippen LogP) is -0.855. The number of carbonyl (C=O) groups excluding carboxylic acids is 3. The molecule has 9 heteroatoms. The molecule has 1 amide bonds. The molecule has 134 valence electrons. The Morgan fingerprint density at radius 1 is 1.33 bits per heavy atom. The second-order valence-corrected chi connectivity index (χ2v) is 5.86. The summed E-state index contributed by atoms with van der Waals surface area (Å²) in [6.45, 7) is 2.10. The molecule has 0 radical (unpaired) electrons. The van der Waals surface area contributed by atoms with Crippen molar-refractivity contribution in [1.29, 1.82) is 0 Å². The van der Waals surface area contributed by atoms with Crippen molar-refractivity contribution in [3.8, 4) is 0 Å². The highest BCUT2D eigenvalue weighted by Crippen LogP contribution is 2.32. The number of carbonyl (C=O) groups is 4. The van der Waals surface area contributed by atoms with E-state index in [1.807, 2.05) is 0 Å². The van der Waals surface area contributed by atoms with Crippen molar-refractivity contribution >= 4 is 23.8 Å². The molecule has 0 unspecified atom stereocenters. The van der Waals surface area contributed by atoms with E-state index in [0.29, 0.717) is 13.0 Å². The van der Waals surface area contributed by atoms with Gasteiger partial charge in [0.25, 0.3) is 0 Å². The van der Waals surface area contributed by atoms with Crippen molar-refractivity contribution in [1.82, 2.24) is 10.2 Å². The number of aliphatic carboxylic acids is 1. The number of carboxylic acid groups (broad SMARTS) is 1. The molecule has 2 N–H and O–H groups in total. The van der Waals surface area contributed by atoms with E-state index >= 15 is 0 Å². The van der Waals surface area contributed by atoms with Crippen molar-refractivity contribution in [3.05, 3.63) is 0 Å². The maximum Gasteiger partial charge on any atom is 0.329 e. The van der Waals surface area contributed by atoms with Gasteiger partial charge in [0.1, 0.15) is 6.04 Å². The molecule has 0 spiro atoms. The van der Waals surface area contributed by atoms with E-state index in [9.17, 15) is 24.3 Å². The number of methoxy groups -OCH3 is 1. The molecular formula is C15H22N2O7. The molecular weight excluding hydrogens is 320 g/mol. The first kappa shape index (κ1) is 18.2. The maximum atomic E-state index is 12.8. The first-order valence-electron chi connectivity index (χ1n) is 7.92. The topological polar surface area (TPSA) is 122 Å². The first-order valence-corrected chi connectivity index (χ1v) is 7.92. The molecule has 0 aromatic heterocycles. The molecule has 0 aromatic rings. The van der Waals surface area contributed by atoms with E-state index in [2.05, 4.69) is 10.1 Å². The van der Waals surface area contributed by atoms with Crippen LogP contribution in [-0.2, 0) is 28.7 Å². The van der Waals surface area contributed by atoms with Crippen LogP contribution in [0.2, 0.25) is 0 Å². The van der Waals surface area contributed by atoms with Gasteiger partial charge in [0.15, 0.2) is 0 Å². The average molecular weight is 342 g/mol. The Morgan fingerprint density at radius 3 is 2.62 bits per heavy atom. The lowest BCUT2D eigenvalue weighted by Gasteiger charge is -2.48. The van der Waals surface area contributed by atoms with Crippen LogP contribution in [0.25, 0.3) is 0 Å². The minimum atomic E-state index is -1.17. The Morgan fingerprint density at radius 2 is 2.04 bits per heavy atom. The van der Waals surface area contributed by atoms with Crippen LogP contribution in [0, 0.1) is 5.92 Å². The molecule has 2 heterocycles. The number of fused-ring (bicyclic) bond motifs is 1. The van der Waals surface area contributed by atoms with E-state index < -0.39 is 41.8 Å². The molecule has 0 aliphatic carbocycles. The minimum Gasteiger partial charge on any atom is -0.481 e. The molecule has 2 aliphatic heterocycles. The molecule has 24 heavy (non-hydrogen) atoms. The molecule has 2 fully saturated rings. The lowest BCUT2D eigenvalue weighted by atomic mass is 9.83. The SMILES string of the molecule is CCOC(=O)[C@@H]1[C@@H](C(=O)O)CC[C@H]2CN[C@@H](CC(=O)OC)C(=O)N21. The molecule has 4 atom stereocenters. The van der Waals surface area contributed by atoms with Gasteiger partial charge in [-0.1, -0.05) is 0 Å².